The maximum atomic E-state index is 10.2. The molecule has 0 saturated heterocycles. The van der Waals surface area contributed by atoms with Gasteiger partial charge in [0.1, 0.15) is 0 Å². The van der Waals surface area contributed by atoms with Gasteiger partial charge in [-0.3, -0.25) is 10.1 Å². The number of nitro groups is 1. The van der Waals surface area contributed by atoms with E-state index >= 15 is 0 Å². The zero-order valence-electron chi connectivity index (χ0n) is 12.8. The van der Waals surface area contributed by atoms with Gasteiger partial charge in [0.15, 0.2) is 0 Å². The molecule has 20 heavy (non-hydrogen) atoms. The van der Waals surface area contributed by atoms with E-state index < -0.39 is 0 Å². The van der Waals surface area contributed by atoms with E-state index in [1.54, 1.807) is 25.1 Å². The third kappa shape index (κ3) is 8.64. The van der Waals surface area contributed by atoms with Crippen LogP contribution >= 0.6 is 0 Å². The van der Waals surface area contributed by atoms with Crippen LogP contribution in [0.1, 0.15) is 57.9 Å². The Hall–Kier alpha value is -1.42. The molecule has 1 N–H and O–H groups in total. The fourth-order valence-corrected chi connectivity index (χ4v) is 1.85. The molecule has 4 heteroatoms. The number of benzene rings is 1. The average molecular weight is 281 g/mol. The minimum Gasteiger partial charge on any atom is -0.393 e. The lowest BCUT2D eigenvalue weighted by Crippen LogP contribution is -2.09. The zero-order valence-corrected chi connectivity index (χ0v) is 12.8. The van der Waals surface area contributed by atoms with E-state index in [1.165, 1.54) is 31.7 Å². The first-order chi connectivity index (χ1) is 9.52. The summed E-state index contributed by atoms with van der Waals surface area (Å²) in [5, 5.41) is 19.1. The predicted molar refractivity (Wildman–Crippen MR) is 82.9 cm³/mol. The molecule has 1 fully saturated rings. The number of nitrogens with zero attached hydrogens (tertiary/aromatic N) is 1. The highest BCUT2D eigenvalue weighted by Crippen LogP contribution is 2.16. The van der Waals surface area contributed by atoms with Gasteiger partial charge >= 0.3 is 0 Å². The summed E-state index contributed by atoms with van der Waals surface area (Å²) in [7, 11) is 0. The first kappa shape index (κ1) is 18.6. The first-order valence-corrected chi connectivity index (χ1v) is 7.41. The van der Waals surface area contributed by atoms with Crippen LogP contribution in [-0.4, -0.2) is 16.1 Å². The Kier molecular flexibility index (Phi) is 10.6. The molecule has 0 radical (unpaired) electrons. The van der Waals surface area contributed by atoms with Gasteiger partial charge < -0.3 is 5.11 Å². The fraction of sp³-hybridized carbons (Fsp3) is 0.625. The van der Waals surface area contributed by atoms with Crippen molar-refractivity contribution in [2.45, 2.75) is 65.4 Å². The van der Waals surface area contributed by atoms with Crippen LogP contribution in [0, 0.1) is 17.0 Å². The van der Waals surface area contributed by atoms with E-state index in [4.69, 9.17) is 5.11 Å². The molecule has 0 amide bonds. The lowest BCUT2D eigenvalue weighted by Gasteiger charge is -2.14. The van der Waals surface area contributed by atoms with Crippen molar-refractivity contribution in [3.8, 4) is 0 Å². The Morgan fingerprint density at radius 2 is 1.70 bits per heavy atom. The smallest absolute Gasteiger partial charge is 0.272 e. The summed E-state index contributed by atoms with van der Waals surface area (Å²) in [5.41, 5.74) is 0.884. The van der Waals surface area contributed by atoms with Crippen LogP contribution in [-0.2, 0) is 0 Å². The second kappa shape index (κ2) is 11.4. The fourth-order valence-electron chi connectivity index (χ4n) is 1.85. The first-order valence-electron chi connectivity index (χ1n) is 7.41. The summed E-state index contributed by atoms with van der Waals surface area (Å²) in [6, 6.07) is 6.65. The molecule has 1 saturated carbocycles. The maximum absolute atomic E-state index is 10.2. The molecule has 0 aliphatic heterocycles. The van der Waals surface area contributed by atoms with Crippen LogP contribution in [0.2, 0.25) is 0 Å². The summed E-state index contributed by atoms with van der Waals surface area (Å²) < 4.78 is 0. The third-order valence-electron chi connectivity index (χ3n) is 2.89. The molecule has 0 bridgehead atoms. The molecular weight excluding hydrogens is 254 g/mol. The maximum Gasteiger partial charge on any atom is 0.272 e. The van der Waals surface area contributed by atoms with Crippen LogP contribution in [0.25, 0.3) is 0 Å². The van der Waals surface area contributed by atoms with Crippen LogP contribution in [0.3, 0.4) is 0 Å². The molecule has 1 aromatic carbocycles. The second-order valence-corrected chi connectivity index (χ2v) is 5.04. The van der Waals surface area contributed by atoms with E-state index in [9.17, 15) is 10.1 Å². The molecule has 1 aromatic rings. The summed E-state index contributed by atoms with van der Waals surface area (Å²) >= 11 is 0. The topological polar surface area (TPSA) is 63.4 Å². The van der Waals surface area contributed by atoms with E-state index in [2.05, 4.69) is 13.8 Å². The SMILES string of the molecule is CCC.Cc1ccccc1[N+](=O)[O-].OC1CCCCC1. The van der Waals surface area contributed by atoms with E-state index in [0.29, 0.717) is 5.56 Å². The van der Waals surface area contributed by atoms with Gasteiger partial charge in [0.25, 0.3) is 5.69 Å². The van der Waals surface area contributed by atoms with Crippen molar-refractivity contribution in [1.29, 1.82) is 0 Å². The number of para-hydroxylation sites is 1. The van der Waals surface area contributed by atoms with Crippen LogP contribution < -0.4 is 0 Å². The largest absolute Gasteiger partial charge is 0.393 e. The Bertz CT molecular complexity index is 374. The highest BCUT2D eigenvalue weighted by atomic mass is 16.6. The summed E-state index contributed by atoms with van der Waals surface area (Å²) in [6.07, 6.45) is 7.17. The molecular formula is C16H27NO3. The van der Waals surface area contributed by atoms with E-state index in [-0.39, 0.29) is 16.7 Å². The number of rotatable bonds is 1. The molecule has 1 aliphatic rings. The van der Waals surface area contributed by atoms with Crippen molar-refractivity contribution >= 4 is 5.69 Å². The van der Waals surface area contributed by atoms with Crippen molar-refractivity contribution < 1.29 is 10.0 Å². The Labute approximate surface area is 122 Å². The number of aliphatic hydroxyl groups excluding tert-OH is 1. The zero-order chi connectivity index (χ0) is 15.4. The molecule has 114 valence electrons. The Morgan fingerprint density at radius 1 is 1.20 bits per heavy atom. The van der Waals surface area contributed by atoms with Crippen LogP contribution in [0.15, 0.2) is 24.3 Å². The van der Waals surface area contributed by atoms with Gasteiger partial charge in [-0.25, -0.2) is 0 Å². The van der Waals surface area contributed by atoms with Crippen molar-refractivity contribution in [3.05, 3.63) is 39.9 Å². The van der Waals surface area contributed by atoms with E-state index in [1.807, 2.05) is 0 Å². The lowest BCUT2D eigenvalue weighted by molar-refractivity contribution is -0.385. The highest BCUT2D eigenvalue weighted by Gasteiger charge is 2.07. The molecule has 0 atom stereocenters. The monoisotopic (exact) mass is 281 g/mol. The number of aliphatic hydroxyl groups is 1. The van der Waals surface area contributed by atoms with Gasteiger partial charge in [0.2, 0.25) is 0 Å². The highest BCUT2D eigenvalue weighted by molar-refractivity contribution is 5.38. The van der Waals surface area contributed by atoms with Gasteiger partial charge in [-0.1, -0.05) is 57.7 Å². The van der Waals surface area contributed by atoms with Gasteiger partial charge in [-0.05, 0) is 19.8 Å². The predicted octanol–water partition coefficient (Wildman–Crippen LogP) is 4.63. The van der Waals surface area contributed by atoms with Crippen LogP contribution in [0.4, 0.5) is 5.69 Å². The van der Waals surface area contributed by atoms with E-state index in [0.717, 1.165) is 12.8 Å². The van der Waals surface area contributed by atoms with Crippen molar-refractivity contribution in [2.24, 2.45) is 0 Å². The second-order valence-electron chi connectivity index (χ2n) is 5.04. The lowest BCUT2D eigenvalue weighted by atomic mass is 9.98. The molecule has 4 nitrogen and oxygen atoms in total. The number of hydrogen-bond acceptors (Lipinski definition) is 3. The molecule has 2 rings (SSSR count). The Morgan fingerprint density at radius 3 is 2.00 bits per heavy atom. The molecule has 0 heterocycles. The Balaban J connectivity index is 0.000000315. The summed E-state index contributed by atoms with van der Waals surface area (Å²) in [5.74, 6) is 0. The standard InChI is InChI=1S/C7H7NO2.C6H12O.C3H8/c1-6-4-2-3-5-7(6)8(9)10;7-6-4-2-1-3-5-6;1-3-2/h2-5H,1H3;6-7H,1-5H2;3H2,1-2H3. The van der Waals surface area contributed by atoms with Crippen LogP contribution in [0.5, 0.6) is 0 Å². The number of hydrogen-bond donors (Lipinski definition) is 1. The van der Waals surface area contributed by atoms with Gasteiger partial charge in [0, 0.05) is 11.6 Å². The normalized spacial score (nSPS) is 14.4. The minimum atomic E-state index is -0.380. The number of aryl methyl sites for hydroxylation is 1. The third-order valence-corrected chi connectivity index (χ3v) is 2.89. The average Bonchev–Trinajstić information content (AvgIpc) is 2.41. The van der Waals surface area contributed by atoms with Crippen molar-refractivity contribution in [2.75, 3.05) is 0 Å². The quantitative estimate of drug-likeness (QED) is 0.603. The molecule has 0 aromatic heterocycles. The molecule has 1 aliphatic carbocycles. The molecule has 0 unspecified atom stereocenters. The van der Waals surface area contributed by atoms with Crippen molar-refractivity contribution in [1.82, 2.24) is 0 Å². The summed E-state index contributed by atoms with van der Waals surface area (Å²) in [4.78, 5) is 9.85. The van der Waals surface area contributed by atoms with Gasteiger partial charge in [0.05, 0.1) is 11.0 Å². The number of nitro benzene ring substituents is 1. The molecule has 0 spiro atoms. The minimum absolute atomic E-state index is 0.0359. The van der Waals surface area contributed by atoms with Gasteiger partial charge in [-0.15, -0.1) is 0 Å². The van der Waals surface area contributed by atoms with Crippen molar-refractivity contribution in [3.63, 3.8) is 0 Å². The van der Waals surface area contributed by atoms with Gasteiger partial charge in [-0.2, -0.15) is 0 Å². The summed E-state index contributed by atoms with van der Waals surface area (Å²) in [6.45, 7) is 5.97.